The quantitative estimate of drug-likeness (QED) is 0.418. The van der Waals surface area contributed by atoms with Crippen LogP contribution >= 0.6 is 0 Å². The molecule has 33 heavy (non-hydrogen) atoms. The Morgan fingerprint density at radius 2 is 1.82 bits per heavy atom. The fourth-order valence-corrected chi connectivity index (χ4v) is 9.68. The van der Waals surface area contributed by atoms with Crippen molar-refractivity contribution in [1.29, 1.82) is 0 Å². The van der Waals surface area contributed by atoms with E-state index in [1.54, 1.807) is 7.11 Å². The molecule has 0 saturated heterocycles. The van der Waals surface area contributed by atoms with Crippen LogP contribution in [0.3, 0.4) is 0 Å². The molecule has 4 fully saturated rings. The van der Waals surface area contributed by atoms with Crippen molar-refractivity contribution in [3.8, 4) is 0 Å². The molecule has 4 heteroatoms. The van der Waals surface area contributed by atoms with Gasteiger partial charge in [0.2, 0.25) is 0 Å². The highest BCUT2D eigenvalue weighted by atomic mass is 16.5. The maximum absolute atomic E-state index is 11.5. The van der Waals surface area contributed by atoms with Crippen molar-refractivity contribution in [3.63, 3.8) is 0 Å². The first-order valence-electron chi connectivity index (χ1n) is 14.1. The smallest absolute Gasteiger partial charge is 0.0913 e. The first-order valence-corrected chi connectivity index (χ1v) is 14.1. The van der Waals surface area contributed by atoms with Gasteiger partial charge in [0, 0.05) is 25.6 Å². The lowest BCUT2D eigenvalue weighted by atomic mass is 9.43. The van der Waals surface area contributed by atoms with Crippen LogP contribution in [0.15, 0.2) is 11.8 Å². The molecule has 4 aliphatic carbocycles. The molecule has 4 saturated carbocycles. The van der Waals surface area contributed by atoms with Gasteiger partial charge in [-0.15, -0.1) is 0 Å². The summed E-state index contributed by atoms with van der Waals surface area (Å²) in [6.07, 6.45) is 14.5. The maximum Gasteiger partial charge on any atom is 0.0913 e. The molecule has 0 heterocycles. The number of allylic oxidation sites excluding steroid dienone is 2. The van der Waals surface area contributed by atoms with E-state index < -0.39 is 0 Å². The number of ether oxygens (including phenoxy) is 1. The molecule has 7 unspecified atom stereocenters. The molecule has 0 bridgehead atoms. The van der Waals surface area contributed by atoms with Gasteiger partial charge < -0.3 is 20.9 Å². The number of aliphatic hydroxyl groups excluding tert-OH is 1. The number of aliphatic hydroxyl groups is 1. The van der Waals surface area contributed by atoms with E-state index in [9.17, 15) is 5.11 Å². The van der Waals surface area contributed by atoms with Crippen LogP contribution in [0.1, 0.15) is 91.9 Å². The average molecular weight is 461 g/mol. The summed E-state index contributed by atoms with van der Waals surface area (Å²) in [5.41, 5.74) is 6.50. The molecule has 0 radical (unpaired) electrons. The molecule has 190 valence electrons. The second-order valence-electron chi connectivity index (χ2n) is 12.7. The number of fused-ring (bicyclic) bond motifs is 5. The molecule has 0 aromatic heterocycles. The summed E-state index contributed by atoms with van der Waals surface area (Å²) in [6, 6.07) is 0.539. The standard InChI is InChI=1S/C29H52N2O2/c1-6-21(33-5)8-7-19(2)23-9-10-24-22-18-27(32)26-17-20(31-16-15-30)11-13-29(26,4)25(22)12-14-28(23,24)3/h6,19-20,22-27,31-32H,7-18,30H2,1-5H3/b21-6+/t19-,20?,22?,23?,24?,25?,26?,27+,28+,29?/m1/s1. The number of rotatable bonds is 8. The van der Waals surface area contributed by atoms with Crippen LogP contribution in [0.2, 0.25) is 0 Å². The Morgan fingerprint density at radius 1 is 1.09 bits per heavy atom. The molecule has 10 atom stereocenters. The Labute approximate surface area is 203 Å². The van der Waals surface area contributed by atoms with E-state index in [2.05, 4.69) is 39.1 Å². The summed E-state index contributed by atoms with van der Waals surface area (Å²) in [6.45, 7) is 11.4. The van der Waals surface area contributed by atoms with E-state index in [1.165, 1.54) is 44.9 Å². The van der Waals surface area contributed by atoms with Gasteiger partial charge in [-0.3, -0.25) is 0 Å². The third-order valence-corrected chi connectivity index (χ3v) is 11.4. The molecule has 0 amide bonds. The van der Waals surface area contributed by atoms with Crippen LogP contribution in [0.25, 0.3) is 0 Å². The van der Waals surface area contributed by atoms with Gasteiger partial charge in [0.1, 0.15) is 0 Å². The third-order valence-electron chi connectivity index (χ3n) is 11.4. The van der Waals surface area contributed by atoms with Crippen LogP contribution < -0.4 is 11.1 Å². The highest BCUT2D eigenvalue weighted by Gasteiger charge is 2.62. The number of nitrogens with one attached hydrogen (secondary N) is 1. The molecule has 0 aromatic rings. The first kappa shape index (κ1) is 25.5. The molecule has 4 N–H and O–H groups in total. The minimum Gasteiger partial charge on any atom is -0.501 e. The third kappa shape index (κ3) is 4.54. The largest absolute Gasteiger partial charge is 0.501 e. The van der Waals surface area contributed by atoms with Crippen molar-refractivity contribution in [2.24, 2.45) is 52.1 Å². The Hall–Kier alpha value is -0.580. The number of methoxy groups -OCH3 is 1. The van der Waals surface area contributed by atoms with Crippen molar-refractivity contribution in [1.82, 2.24) is 5.32 Å². The predicted octanol–water partition coefficient (Wildman–Crippen LogP) is 5.50. The Bertz CT molecular complexity index is 695. The molecular formula is C29H52N2O2. The highest BCUT2D eigenvalue weighted by Crippen LogP contribution is 2.68. The van der Waals surface area contributed by atoms with E-state index in [-0.39, 0.29) is 6.10 Å². The van der Waals surface area contributed by atoms with Crippen molar-refractivity contribution >= 4 is 0 Å². The van der Waals surface area contributed by atoms with Gasteiger partial charge in [0.25, 0.3) is 0 Å². The second kappa shape index (κ2) is 10.2. The molecule has 0 spiro atoms. The molecule has 4 aliphatic rings. The summed E-state index contributed by atoms with van der Waals surface area (Å²) >= 11 is 0. The zero-order valence-electron chi connectivity index (χ0n) is 22.1. The van der Waals surface area contributed by atoms with Gasteiger partial charge in [-0.05, 0) is 117 Å². The predicted molar refractivity (Wildman–Crippen MR) is 137 cm³/mol. The summed E-state index contributed by atoms with van der Waals surface area (Å²) in [5, 5.41) is 15.1. The van der Waals surface area contributed by atoms with Crippen molar-refractivity contribution in [3.05, 3.63) is 11.8 Å². The number of nitrogens with two attached hydrogens (primary N) is 1. The second-order valence-corrected chi connectivity index (χ2v) is 12.7. The monoisotopic (exact) mass is 460 g/mol. The summed E-state index contributed by atoms with van der Waals surface area (Å²) in [5.74, 6) is 5.47. The fraction of sp³-hybridized carbons (Fsp3) is 0.931. The van der Waals surface area contributed by atoms with E-state index in [4.69, 9.17) is 10.5 Å². The molecule has 0 aromatic carbocycles. The lowest BCUT2D eigenvalue weighted by Crippen LogP contribution is -2.59. The van der Waals surface area contributed by atoms with Crippen LogP contribution in [0.4, 0.5) is 0 Å². The van der Waals surface area contributed by atoms with Crippen LogP contribution in [-0.4, -0.2) is 37.5 Å². The van der Waals surface area contributed by atoms with E-state index in [0.717, 1.165) is 61.2 Å². The van der Waals surface area contributed by atoms with Crippen molar-refractivity contribution < 1.29 is 9.84 Å². The minimum absolute atomic E-state index is 0.128. The average Bonchev–Trinajstić information content (AvgIpc) is 3.16. The molecule has 4 nitrogen and oxygen atoms in total. The Balaban J connectivity index is 1.46. The van der Waals surface area contributed by atoms with Gasteiger partial charge in [-0.25, -0.2) is 0 Å². The lowest BCUT2D eigenvalue weighted by molar-refractivity contribution is -0.162. The topological polar surface area (TPSA) is 67.5 Å². The zero-order valence-corrected chi connectivity index (χ0v) is 22.1. The maximum atomic E-state index is 11.5. The van der Waals surface area contributed by atoms with Gasteiger partial charge in [-0.1, -0.05) is 20.8 Å². The minimum atomic E-state index is -0.128. The zero-order chi connectivity index (χ0) is 23.8. The van der Waals surface area contributed by atoms with Gasteiger partial charge in [0.05, 0.1) is 19.0 Å². The summed E-state index contributed by atoms with van der Waals surface area (Å²) in [4.78, 5) is 0. The van der Waals surface area contributed by atoms with Gasteiger partial charge >= 0.3 is 0 Å². The fourth-order valence-electron chi connectivity index (χ4n) is 9.68. The number of hydrogen-bond acceptors (Lipinski definition) is 4. The Kier molecular flexibility index (Phi) is 7.88. The first-order chi connectivity index (χ1) is 15.8. The molecular weight excluding hydrogens is 408 g/mol. The molecule has 0 aliphatic heterocycles. The van der Waals surface area contributed by atoms with Crippen molar-refractivity contribution in [2.75, 3.05) is 20.2 Å². The van der Waals surface area contributed by atoms with E-state index in [0.29, 0.717) is 29.3 Å². The van der Waals surface area contributed by atoms with Crippen molar-refractivity contribution in [2.45, 2.75) is 104 Å². The summed E-state index contributed by atoms with van der Waals surface area (Å²) in [7, 11) is 1.80. The molecule has 4 rings (SSSR count). The highest BCUT2D eigenvalue weighted by molar-refractivity contribution is 5.12. The van der Waals surface area contributed by atoms with E-state index in [1.807, 2.05) is 0 Å². The van der Waals surface area contributed by atoms with E-state index >= 15 is 0 Å². The normalized spacial score (nSPS) is 46.3. The number of hydrogen-bond donors (Lipinski definition) is 3. The van der Waals surface area contributed by atoms with Crippen LogP contribution in [0, 0.1) is 46.3 Å². The van der Waals surface area contributed by atoms with Gasteiger partial charge in [-0.2, -0.15) is 0 Å². The summed E-state index contributed by atoms with van der Waals surface area (Å²) < 4.78 is 5.54. The van der Waals surface area contributed by atoms with Crippen LogP contribution in [0.5, 0.6) is 0 Å². The van der Waals surface area contributed by atoms with Gasteiger partial charge in [0.15, 0.2) is 0 Å². The SMILES string of the molecule is C/C=C(\CC[C@@H](C)C1CCC2C3C[C@H](O)C4CC(NCCN)CCC4(C)C3CC[C@]21C)OC. The van der Waals surface area contributed by atoms with Crippen LogP contribution in [-0.2, 0) is 4.74 Å². The lowest BCUT2D eigenvalue weighted by Gasteiger charge is -2.62. The Morgan fingerprint density at radius 3 is 2.52 bits per heavy atom.